The Morgan fingerprint density at radius 1 is 1.00 bits per heavy atom. The Hall–Kier alpha value is -0.990. The number of halogens is 6. The number of aliphatic hydroxyl groups is 1. The fourth-order valence-corrected chi connectivity index (χ4v) is 1.35. The Morgan fingerprint density at radius 3 is 1.65 bits per heavy atom. The van der Waals surface area contributed by atoms with Crippen LogP contribution in [0.3, 0.4) is 0 Å². The van der Waals surface area contributed by atoms with Crippen molar-refractivity contribution in [3.05, 3.63) is 0 Å². The number of rotatable bonds is 5. The van der Waals surface area contributed by atoms with Gasteiger partial charge in [0.2, 0.25) is 0 Å². The molecule has 0 aromatic heterocycles. The lowest BCUT2D eigenvalue weighted by atomic mass is 9.78. The smallest absolute Gasteiger partial charge is 0.404 e. The van der Waals surface area contributed by atoms with E-state index in [9.17, 15) is 36.2 Å². The van der Waals surface area contributed by atoms with Gasteiger partial charge in [-0.2, -0.15) is 26.3 Å². The topological polar surface area (TPSA) is 57.5 Å². The zero-order valence-electron chi connectivity index (χ0n) is 11.1. The molecule has 0 spiro atoms. The Bertz CT molecular complexity index is 360. The minimum absolute atomic E-state index is 0.378. The molecule has 0 aliphatic rings. The van der Waals surface area contributed by atoms with Gasteiger partial charge in [-0.25, -0.2) is 0 Å². The van der Waals surface area contributed by atoms with Crippen LogP contribution in [0.1, 0.15) is 33.6 Å². The highest BCUT2D eigenvalue weighted by Gasteiger charge is 2.58. The van der Waals surface area contributed by atoms with Crippen molar-refractivity contribution in [1.29, 1.82) is 0 Å². The monoisotopic (exact) mass is 310 g/mol. The van der Waals surface area contributed by atoms with Crippen molar-refractivity contribution in [2.45, 2.75) is 52.1 Å². The molecule has 0 heterocycles. The first-order valence-electron chi connectivity index (χ1n) is 5.62. The molecule has 0 radical (unpaired) electrons. The molecule has 20 heavy (non-hydrogen) atoms. The average Bonchev–Trinajstić information content (AvgIpc) is 2.21. The number of aliphatic hydroxyl groups excluding tert-OH is 1. The van der Waals surface area contributed by atoms with Crippen LogP contribution in [0.25, 0.3) is 0 Å². The van der Waals surface area contributed by atoms with Crippen molar-refractivity contribution in [1.82, 2.24) is 0 Å². The molecule has 0 aliphatic carbocycles. The maximum atomic E-state index is 12.7. The third-order valence-corrected chi connectivity index (χ3v) is 3.58. The van der Waals surface area contributed by atoms with Crippen LogP contribution in [-0.2, 0) is 4.79 Å². The van der Waals surface area contributed by atoms with E-state index >= 15 is 0 Å². The average molecular weight is 310 g/mol. The molecule has 2 unspecified atom stereocenters. The summed E-state index contributed by atoms with van der Waals surface area (Å²) in [5, 5.41) is 18.1. The van der Waals surface area contributed by atoms with E-state index in [-0.39, 0.29) is 0 Å². The molecule has 0 saturated carbocycles. The van der Waals surface area contributed by atoms with Gasteiger partial charge in [0.15, 0.2) is 5.41 Å². The normalized spacial score (nSPS) is 18.5. The predicted octanol–water partition coefficient (Wildman–Crippen LogP) is 3.37. The van der Waals surface area contributed by atoms with Gasteiger partial charge in [-0.3, -0.25) is 4.79 Å². The van der Waals surface area contributed by atoms with E-state index in [0.717, 1.165) is 0 Å². The van der Waals surface area contributed by atoms with Crippen molar-refractivity contribution >= 4 is 5.97 Å². The first kappa shape index (κ1) is 19.0. The minimum Gasteiger partial charge on any atom is -0.481 e. The molecule has 3 nitrogen and oxygen atoms in total. The van der Waals surface area contributed by atoms with E-state index in [1.165, 1.54) is 0 Å². The van der Waals surface area contributed by atoms with Gasteiger partial charge in [0.05, 0.1) is 11.5 Å². The zero-order valence-corrected chi connectivity index (χ0v) is 11.1. The summed E-state index contributed by atoms with van der Waals surface area (Å²) in [6.45, 7) is 1.66. The second-order valence-corrected chi connectivity index (χ2v) is 5.41. The van der Waals surface area contributed by atoms with E-state index in [4.69, 9.17) is 5.11 Å². The van der Waals surface area contributed by atoms with Crippen LogP contribution in [0.4, 0.5) is 26.3 Å². The van der Waals surface area contributed by atoms with Gasteiger partial charge in [0, 0.05) is 0 Å². The van der Waals surface area contributed by atoms with Crippen LogP contribution in [0, 0.1) is 10.8 Å². The van der Waals surface area contributed by atoms with Crippen LogP contribution >= 0.6 is 0 Å². The lowest BCUT2D eigenvalue weighted by Crippen LogP contribution is -2.46. The van der Waals surface area contributed by atoms with Gasteiger partial charge >= 0.3 is 18.3 Å². The third-order valence-electron chi connectivity index (χ3n) is 3.58. The van der Waals surface area contributed by atoms with E-state index in [1.54, 1.807) is 0 Å². The molecule has 120 valence electrons. The Kier molecular flexibility index (Phi) is 5.15. The highest BCUT2D eigenvalue weighted by Crippen LogP contribution is 2.46. The Labute approximate surface area is 111 Å². The number of aliphatic carboxylic acids is 1. The van der Waals surface area contributed by atoms with Crippen molar-refractivity contribution in [3.63, 3.8) is 0 Å². The Morgan fingerprint density at radius 2 is 1.40 bits per heavy atom. The fourth-order valence-electron chi connectivity index (χ4n) is 1.35. The summed E-state index contributed by atoms with van der Waals surface area (Å²) in [5.74, 6) is -2.19. The minimum atomic E-state index is -5.12. The van der Waals surface area contributed by atoms with Gasteiger partial charge in [0.25, 0.3) is 0 Å². The predicted molar refractivity (Wildman–Crippen MR) is 56.9 cm³/mol. The van der Waals surface area contributed by atoms with Gasteiger partial charge in [-0.1, -0.05) is 0 Å². The van der Waals surface area contributed by atoms with Crippen LogP contribution < -0.4 is 0 Å². The second kappa shape index (κ2) is 5.42. The second-order valence-electron chi connectivity index (χ2n) is 5.41. The first-order valence-corrected chi connectivity index (χ1v) is 5.62. The number of alkyl halides is 6. The highest BCUT2D eigenvalue weighted by molar-refractivity contribution is 5.75. The molecule has 0 aromatic carbocycles. The molecule has 9 heteroatoms. The van der Waals surface area contributed by atoms with E-state index in [2.05, 4.69) is 0 Å². The molecule has 0 amide bonds. The van der Waals surface area contributed by atoms with Crippen molar-refractivity contribution in [3.8, 4) is 0 Å². The summed E-state index contributed by atoms with van der Waals surface area (Å²) < 4.78 is 75.7. The number of carboxylic acid groups (broad SMARTS) is 1. The van der Waals surface area contributed by atoms with Crippen LogP contribution in [0.5, 0.6) is 0 Å². The standard InChI is InChI=1S/C11H16F6O3/c1-8(2,10(12,13)14)6(18)4-5-9(3,7(19)20)11(15,16)17/h6,18H,4-5H2,1-3H3,(H,19,20). The summed E-state index contributed by atoms with van der Waals surface area (Å²) in [6, 6.07) is 0. The fraction of sp³-hybridized carbons (Fsp3) is 0.909. The largest absolute Gasteiger partial charge is 0.481 e. The molecule has 0 aromatic rings. The molecule has 2 N–H and O–H groups in total. The Balaban J connectivity index is 5.05. The number of carbonyl (C=O) groups is 1. The maximum absolute atomic E-state index is 12.7. The molecule has 0 saturated heterocycles. The molecular formula is C11H16F6O3. The molecule has 0 rings (SSSR count). The van der Waals surface area contributed by atoms with Crippen molar-refractivity contribution < 1.29 is 41.4 Å². The van der Waals surface area contributed by atoms with Crippen molar-refractivity contribution in [2.75, 3.05) is 0 Å². The molecule has 0 aliphatic heterocycles. The summed E-state index contributed by atoms with van der Waals surface area (Å²) in [7, 11) is 0. The zero-order chi connectivity index (χ0) is 16.6. The van der Waals surface area contributed by atoms with Crippen molar-refractivity contribution in [2.24, 2.45) is 10.8 Å². The molecular weight excluding hydrogens is 294 g/mol. The van der Waals surface area contributed by atoms with Crippen LogP contribution in [0.15, 0.2) is 0 Å². The SMILES string of the molecule is CC(CCC(O)C(C)(C)C(F)(F)F)(C(=O)O)C(F)(F)F. The quantitative estimate of drug-likeness (QED) is 0.766. The lowest BCUT2D eigenvalue weighted by molar-refractivity contribution is -0.248. The molecule has 2 atom stereocenters. The summed E-state index contributed by atoms with van der Waals surface area (Å²) in [6.07, 6.45) is -14.2. The van der Waals surface area contributed by atoms with Crippen LogP contribution in [0.2, 0.25) is 0 Å². The number of hydrogen-bond acceptors (Lipinski definition) is 2. The van der Waals surface area contributed by atoms with Gasteiger partial charge in [-0.05, 0) is 33.6 Å². The van der Waals surface area contributed by atoms with Gasteiger partial charge in [-0.15, -0.1) is 0 Å². The first-order chi connectivity index (χ1) is 8.57. The number of carboxylic acids is 1. The van der Waals surface area contributed by atoms with E-state index < -0.39 is 48.1 Å². The van der Waals surface area contributed by atoms with E-state index in [1.807, 2.05) is 0 Å². The van der Waals surface area contributed by atoms with Crippen LogP contribution in [-0.4, -0.2) is 34.6 Å². The summed E-state index contributed by atoms with van der Waals surface area (Å²) >= 11 is 0. The summed E-state index contributed by atoms with van der Waals surface area (Å²) in [4.78, 5) is 10.7. The van der Waals surface area contributed by atoms with Gasteiger partial charge in [0.1, 0.15) is 0 Å². The highest BCUT2D eigenvalue weighted by atomic mass is 19.4. The maximum Gasteiger partial charge on any atom is 0.404 e. The third kappa shape index (κ3) is 3.56. The molecule has 0 bridgehead atoms. The molecule has 0 fully saturated rings. The van der Waals surface area contributed by atoms with Gasteiger partial charge < -0.3 is 10.2 Å². The number of hydrogen-bond donors (Lipinski definition) is 2. The van der Waals surface area contributed by atoms with E-state index in [0.29, 0.717) is 20.8 Å². The summed E-state index contributed by atoms with van der Waals surface area (Å²) in [5.41, 5.74) is -5.83. The lowest BCUT2D eigenvalue weighted by Gasteiger charge is -2.35.